The van der Waals surface area contributed by atoms with Crippen molar-refractivity contribution in [3.63, 3.8) is 0 Å². The van der Waals surface area contributed by atoms with E-state index in [1.807, 2.05) is 6.92 Å². The Morgan fingerprint density at radius 3 is 2.75 bits per heavy atom. The summed E-state index contributed by atoms with van der Waals surface area (Å²) in [5.74, 6) is -0.723. The van der Waals surface area contributed by atoms with Crippen molar-refractivity contribution in [2.75, 3.05) is 17.7 Å². The Labute approximate surface area is 121 Å². The SMILES string of the molecule is CNc1ncc(F)cc1C(=O)Nc1ccc(C)c(Cl)c1. The summed E-state index contributed by atoms with van der Waals surface area (Å²) in [6, 6.07) is 6.29. The van der Waals surface area contributed by atoms with Gasteiger partial charge >= 0.3 is 0 Å². The van der Waals surface area contributed by atoms with Crippen LogP contribution in [0, 0.1) is 12.7 Å². The quantitative estimate of drug-likeness (QED) is 0.911. The van der Waals surface area contributed by atoms with Crippen molar-refractivity contribution >= 4 is 29.0 Å². The molecule has 1 aromatic heterocycles. The molecule has 0 atom stereocenters. The molecule has 2 N–H and O–H groups in total. The van der Waals surface area contributed by atoms with Gasteiger partial charge in [-0.15, -0.1) is 0 Å². The highest BCUT2D eigenvalue weighted by Crippen LogP contribution is 2.21. The zero-order valence-corrected chi connectivity index (χ0v) is 11.8. The molecule has 0 aliphatic carbocycles. The van der Waals surface area contributed by atoms with Crippen LogP contribution in [-0.2, 0) is 0 Å². The molecule has 1 heterocycles. The van der Waals surface area contributed by atoms with Crippen LogP contribution < -0.4 is 10.6 Å². The number of nitrogens with zero attached hydrogens (tertiary/aromatic N) is 1. The van der Waals surface area contributed by atoms with Gasteiger partial charge in [-0.2, -0.15) is 0 Å². The highest BCUT2D eigenvalue weighted by Gasteiger charge is 2.14. The summed E-state index contributed by atoms with van der Waals surface area (Å²) in [5, 5.41) is 5.95. The third-order valence-corrected chi connectivity index (χ3v) is 3.17. The van der Waals surface area contributed by atoms with Crippen LogP contribution >= 0.6 is 11.6 Å². The van der Waals surface area contributed by atoms with E-state index >= 15 is 0 Å². The number of halogens is 2. The number of carbonyl (C=O) groups excluding carboxylic acids is 1. The molecule has 0 fully saturated rings. The maximum atomic E-state index is 13.2. The van der Waals surface area contributed by atoms with E-state index in [1.165, 1.54) is 0 Å². The van der Waals surface area contributed by atoms with Gasteiger partial charge in [-0.1, -0.05) is 17.7 Å². The fourth-order valence-corrected chi connectivity index (χ4v) is 1.86. The number of hydrogen-bond donors (Lipinski definition) is 2. The summed E-state index contributed by atoms with van der Waals surface area (Å²) in [6.07, 6.45) is 1.05. The molecule has 4 nitrogen and oxygen atoms in total. The highest BCUT2D eigenvalue weighted by molar-refractivity contribution is 6.31. The van der Waals surface area contributed by atoms with Gasteiger partial charge in [0.2, 0.25) is 0 Å². The second kappa shape index (κ2) is 5.88. The van der Waals surface area contributed by atoms with Crippen molar-refractivity contribution in [1.29, 1.82) is 0 Å². The number of nitrogens with one attached hydrogen (secondary N) is 2. The van der Waals surface area contributed by atoms with E-state index in [-0.39, 0.29) is 5.56 Å². The van der Waals surface area contributed by atoms with Crippen molar-refractivity contribution in [1.82, 2.24) is 4.98 Å². The van der Waals surface area contributed by atoms with Gasteiger partial charge in [0.1, 0.15) is 11.6 Å². The molecule has 0 saturated heterocycles. The van der Waals surface area contributed by atoms with E-state index < -0.39 is 11.7 Å². The predicted molar refractivity (Wildman–Crippen MR) is 77.9 cm³/mol. The minimum Gasteiger partial charge on any atom is -0.372 e. The second-order valence-electron chi connectivity index (χ2n) is 4.22. The average Bonchev–Trinajstić information content (AvgIpc) is 2.43. The van der Waals surface area contributed by atoms with Crippen LogP contribution in [0.2, 0.25) is 5.02 Å². The molecule has 0 aliphatic rings. The van der Waals surface area contributed by atoms with Crippen molar-refractivity contribution in [2.45, 2.75) is 6.92 Å². The standard InChI is InChI=1S/C14H13ClFN3O/c1-8-3-4-10(6-12(8)15)19-14(20)11-5-9(16)7-18-13(11)17-2/h3-7H,1-2H3,(H,17,18)(H,19,20). The summed E-state index contributed by atoms with van der Waals surface area (Å²) >= 11 is 5.99. The number of pyridine rings is 1. The van der Waals surface area contributed by atoms with Gasteiger partial charge in [0.15, 0.2) is 0 Å². The van der Waals surface area contributed by atoms with Gasteiger partial charge in [-0.25, -0.2) is 9.37 Å². The Balaban J connectivity index is 2.27. The zero-order valence-electron chi connectivity index (χ0n) is 11.0. The lowest BCUT2D eigenvalue weighted by atomic mass is 10.2. The molecule has 104 valence electrons. The smallest absolute Gasteiger partial charge is 0.259 e. The van der Waals surface area contributed by atoms with Gasteiger partial charge in [0.05, 0.1) is 11.8 Å². The van der Waals surface area contributed by atoms with Gasteiger partial charge < -0.3 is 10.6 Å². The van der Waals surface area contributed by atoms with Crippen LogP contribution in [0.1, 0.15) is 15.9 Å². The molecule has 0 bridgehead atoms. The number of anilines is 2. The first-order valence-electron chi connectivity index (χ1n) is 5.92. The minimum absolute atomic E-state index is 0.129. The molecule has 1 aromatic carbocycles. The summed E-state index contributed by atoms with van der Waals surface area (Å²) in [4.78, 5) is 16.0. The largest absolute Gasteiger partial charge is 0.372 e. The lowest BCUT2D eigenvalue weighted by Crippen LogP contribution is -2.15. The molecule has 0 aliphatic heterocycles. The average molecular weight is 294 g/mol. The summed E-state index contributed by atoms with van der Waals surface area (Å²) in [5.41, 5.74) is 1.58. The van der Waals surface area contributed by atoms with E-state index in [0.717, 1.165) is 17.8 Å². The third kappa shape index (κ3) is 3.05. The Hall–Kier alpha value is -2.14. The summed E-state index contributed by atoms with van der Waals surface area (Å²) in [7, 11) is 1.61. The Morgan fingerprint density at radius 2 is 2.10 bits per heavy atom. The first kappa shape index (κ1) is 14.3. The number of carbonyl (C=O) groups is 1. The maximum Gasteiger partial charge on any atom is 0.259 e. The molecule has 2 aromatic rings. The molecule has 20 heavy (non-hydrogen) atoms. The highest BCUT2D eigenvalue weighted by atomic mass is 35.5. The van der Waals surface area contributed by atoms with E-state index in [2.05, 4.69) is 15.6 Å². The summed E-state index contributed by atoms with van der Waals surface area (Å²) < 4.78 is 13.2. The first-order chi connectivity index (χ1) is 9.51. The Bertz CT molecular complexity index is 661. The number of benzene rings is 1. The topological polar surface area (TPSA) is 54.0 Å². The van der Waals surface area contributed by atoms with Gasteiger partial charge in [-0.05, 0) is 30.7 Å². The van der Waals surface area contributed by atoms with Gasteiger partial charge in [0.25, 0.3) is 5.91 Å². The van der Waals surface area contributed by atoms with Crippen LogP contribution in [0.25, 0.3) is 0 Å². The van der Waals surface area contributed by atoms with Crippen LogP contribution in [0.15, 0.2) is 30.5 Å². The maximum absolute atomic E-state index is 13.2. The Kier molecular flexibility index (Phi) is 4.20. The molecule has 0 spiro atoms. The number of hydrogen-bond acceptors (Lipinski definition) is 3. The second-order valence-corrected chi connectivity index (χ2v) is 4.62. The van der Waals surface area contributed by atoms with Crippen molar-refractivity contribution in [3.8, 4) is 0 Å². The van der Waals surface area contributed by atoms with Crippen LogP contribution in [0.3, 0.4) is 0 Å². The van der Waals surface area contributed by atoms with Crippen molar-refractivity contribution in [2.24, 2.45) is 0 Å². The number of rotatable bonds is 3. The number of aromatic nitrogens is 1. The lowest BCUT2D eigenvalue weighted by molar-refractivity contribution is 0.102. The van der Waals surface area contributed by atoms with E-state index in [1.54, 1.807) is 25.2 Å². The molecular weight excluding hydrogens is 281 g/mol. The fraction of sp³-hybridized carbons (Fsp3) is 0.143. The van der Waals surface area contributed by atoms with Crippen molar-refractivity contribution in [3.05, 3.63) is 52.4 Å². The monoisotopic (exact) mass is 293 g/mol. The van der Waals surface area contributed by atoms with E-state index in [4.69, 9.17) is 11.6 Å². The van der Waals surface area contributed by atoms with Crippen LogP contribution in [-0.4, -0.2) is 17.9 Å². The van der Waals surface area contributed by atoms with E-state index in [9.17, 15) is 9.18 Å². The number of amides is 1. The lowest BCUT2D eigenvalue weighted by Gasteiger charge is -2.10. The molecular formula is C14H13ClFN3O. The minimum atomic E-state index is -0.573. The van der Waals surface area contributed by atoms with E-state index in [0.29, 0.717) is 16.5 Å². The molecule has 0 radical (unpaired) electrons. The first-order valence-corrected chi connectivity index (χ1v) is 6.30. The normalized spacial score (nSPS) is 10.2. The van der Waals surface area contributed by atoms with Crippen LogP contribution in [0.5, 0.6) is 0 Å². The molecule has 0 saturated carbocycles. The molecule has 2 rings (SSSR count). The van der Waals surface area contributed by atoms with Crippen molar-refractivity contribution < 1.29 is 9.18 Å². The molecule has 1 amide bonds. The fourth-order valence-electron chi connectivity index (χ4n) is 1.68. The van der Waals surface area contributed by atoms with Gasteiger partial charge in [0, 0.05) is 17.8 Å². The number of aryl methyl sites for hydroxylation is 1. The summed E-state index contributed by atoms with van der Waals surface area (Å²) in [6.45, 7) is 1.86. The predicted octanol–water partition coefficient (Wildman–Crippen LogP) is 3.48. The van der Waals surface area contributed by atoms with Gasteiger partial charge in [-0.3, -0.25) is 4.79 Å². The third-order valence-electron chi connectivity index (χ3n) is 2.77. The zero-order chi connectivity index (χ0) is 14.7. The molecule has 0 unspecified atom stereocenters. The Morgan fingerprint density at radius 1 is 1.35 bits per heavy atom. The molecule has 6 heteroatoms. The van der Waals surface area contributed by atoms with Crippen LogP contribution in [0.4, 0.5) is 15.9 Å².